The fourth-order valence-corrected chi connectivity index (χ4v) is 1.52. The van der Waals surface area contributed by atoms with E-state index in [9.17, 15) is 4.79 Å². The van der Waals surface area contributed by atoms with Gasteiger partial charge in [0.2, 0.25) is 0 Å². The summed E-state index contributed by atoms with van der Waals surface area (Å²) in [5, 5.41) is 4.21. The van der Waals surface area contributed by atoms with Crippen LogP contribution < -0.4 is 11.4 Å². The minimum Gasteiger partial charge on any atom is -0.330 e. The van der Waals surface area contributed by atoms with Crippen LogP contribution in [0.3, 0.4) is 0 Å². The summed E-state index contributed by atoms with van der Waals surface area (Å²) in [5.74, 6) is 0. The van der Waals surface area contributed by atoms with E-state index in [0.29, 0.717) is 18.7 Å². The molecule has 5 nitrogen and oxygen atoms in total. The zero-order valence-electron chi connectivity index (χ0n) is 8.47. The van der Waals surface area contributed by atoms with Crippen LogP contribution in [0.4, 0.5) is 0 Å². The maximum Gasteiger partial charge on any atom is 0.350 e. The average Bonchev–Trinajstić information content (AvgIpc) is 2.57. The van der Waals surface area contributed by atoms with Crippen LogP contribution in [0.2, 0.25) is 0 Å². The second-order valence-electron chi connectivity index (χ2n) is 3.43. The van der Waals surface area contributed by atoms with Gasteiger partial charge in [0.1, 0.15) is 0 Å². The predicted octanol–water partition coefficient (Wildman–Crippen LogP) is 0.235. The van der Waals surface area contributed by atoms with Gasteiger partial charge in [0.25, 0.3) is 0 Å². The second-order valence-corrected chi connectivity index (χ2v) is 3.43. The van der Waals surface area contributed by atoms with E-state index in [4.69, 9.17) is 5.73 Å². The number of rotatable bonds is 4. The largest absolute Gasteiger partial charge is 0.350 e. The minimum absolute atomic E-state index is 0.0809. The standard InChI is InChI=1S/C10H14N4O/c11-6-2-4-8-14-10(15)13-7-3-1-5-9(13)12-14/h1,3,5,7H,2,4,6,8,11H2. The summed E-state index contributed by atoms with van der Waals surface area (Å²) in [6, 6.07) is 5.51. The third kappa shape index (κ3) is 1.92. The van der Waals surface area contributed by atoms with E-state index in [1.165, 1.54) is 4.68 Å². The molecule has 5 heteroatoms. The van der Waals surface area contributed by atoms with E-state index < -0.39 is 0 Å². The molecule has 0 atom stereocenters. The average molecular weight is 206 g/mol. The fourth-order valence-electron chi connectivity index (χ4n) is 1.52. The summed E-state index contributed by atoms with van der Waals surface area (Å²) in [4.78, 5) is 11.8. The van der Waals surface area contributed by atoms with E-state index in [0.717, 1.165) is 12.8 Å². The topological polar surface area (TPSA) is 65.3 Å². The first-order valence-electron chi connectivity index (χ1n) is 5.07. The molecule has 0 aliphatic heterocycles. The molecule has 0 saturated carbocycles. The zero-order chi connectivity index (χ0) is 10.7. The minimum atomic E-state index is -0.0809. The second kappa shape index (κ2) is 4.27. The van der Waals surface area contributed by atoms with Crippen LogP contribution in [-0.2, 0) is 6.54 Å². The van der Waals surface area contributed by atoms with Gasteiger partial charge in [-0.3, -0.25) is 4.40 Å². The van der Waals surface area contributed by atoms with Crippen molar-refractivity contribution in [3.05, 3.63) is 34.9 Å². The van der Waals surface area contributed by atoms with Crippen LogP contribution in [-0.4, -0.2) is 20.7 Å². The van der Waals surface area contributed by atoms with Gasteiger partial charge >= 0.3 is 5.69 Å². The summed E-state index contributed by atoms with van der Waals surface area (Å²) >= 11 is 0. The van der Waals surface area contributed by atoms with Crippen molar-refractivity contribution >= 4 is 5.65 Å². The van der Waals surface area contributed by atoms with Gasteiger partial charge in [0.15, 0.2) is 5.65 Å². The number of nitrogens with zero attached hydrogens (tertiary/aromatic N) is 3. The molecule has 0 bridgehead atoms. The Labute approximate surface area is 87.1 Å². The van der Waals surface area contributed by atoms with Crippen molar-refractivity contribution in [3.63, 3.8) is 0 Å². The molecule has 0 fully saturated rings. The molecular formula is C10H14N4O. The number of aryl methyl sites for hydroxylation is 1. The molecule has 0 aromatic carbocycles. The Morgan fingerprint density at radius 3 is 2.93 bits per heavy atom. The normalized spacial score (nSPS) is 11.0. The number of fused-ring (bicyclic) bond motifs is 1. The third-order valence-corrected chi connectivity index (χ3v) is 2.31. The van der Waals surface area contributed by atoms with Crippen molar-refractivity contribution in [1.29, 1.82) is 0 Å². The first kappa shape index (κ1) is 9.92. The van der Waals surface area contributed by atoms with Gasteiger partial charge in [-0.2, -0.15) is 0 Å². The van der Waals surface area contributed by atoms with E-state index in [1.54, 1.807) is 10.6 Å². The molecule has 15 heavy (non-hydrogen) atoms. The Morgan fingerprint density at radius 1 is 1.33 bits per heavy atom. The lowest BCUT2D eigenvalue weighted by Crippen LogP contribution is -2.21. The first-order valence-corrected chi connectivity index (χ1v) is 5.07. The first-order chi connectivity index (χ1) is 7.33. The number of unbranched alkanes of at least 4 members (excludes halogenated alkanes) is 1. The van der Waals surface area contributed by atoms with Crippen molar-refractivity contribution < 1.29 is 0 Å². The Kier molecular flexibility index (Phi) is 2.82. The zero-order valence-corrected chi connectivity index (χ0v) is 8.47. The Bertz CT molecular complexity index is 499. The summed E-state index contributed by atoms with van der Waals surface area (Å²) in [5.41, 5.74) is 6.00. The van der Waals surface area contributed by atoms with Crippen molar-refractivity contribution in [3.8, 4) is 0 Å². The smallest absolute Gasteiger partial charge is 0.330 e. The van der Waals surface area contributed by atoms with Crippen LogP contribution in [0.15, 0.2) is 29.2 Å². The maximum absolute atomic E-state index is 11.8. The fraction of sp³-hybridized carbons (Fsp3) is 0.400. The molecule has 0 radical (unpaired) electrons. The van der Waals surface area contributed by atoms with Gasteiger partial charge in [-0.05, 0) is 31.5 Å². The molecule has 2 aromatic rings. The summed E-state index contributed by atoms with van der Waals surface area (Å²) in [6.45, 7) is 1.29. The Morgan fingerprint density at radius 2 is 2.20 bits per heavy atom. The van der Waals surface area contributed by atoms with E-state index in [-0.39, 0.29) is 5.69 Å². The molecule has 2 N–H and O–H groups in total. The van der Waals surface area contributed by atoms with Gasteiger partial charge in [0.05, 0.1) is 0 Å². The monoisotopic (exact) mass is 206 g/mol. The highest BCUT2D eigenvalue weighted by molar-refractivity contribution is 5.35. The van der Waals surface area contributed by atoms with E-state index >= 15 is 0 Å². The molecule has 2 rings (SSSR count). The highest BCUT2D eigenvalue weighted by Crippen LogP contribution is 1.96. The highest BCUT2D eigenvalue weighted by Gasteiger charge is 2.04. The molecule has 2 aromatic heterocycles. The van der Waals surface area contributed by atoms with Gasteiger partial charge in [-0.15, -0.1) is 5.10 Å². The molecule has 0 amide bonds. The van der Waals surface area contributed by atoms with Crippen LogP contribution in [0, 0.1) is 0 Å². The summed E-state index contributed by atoms with van der Waals surface area (Å²) < 4.78 is 3.04. The summed E-state index contributed by atoms with van der Waals surface area (Å²) in [6.07, 6.45) is 3.53. The molecule has 0 spiro atoms. The van der Waals surface area contributed by atoms with E-state index in [1.807, 2.05) is 18.2 Å². The number of hydrogen-bond acceptors (Lipinski definition) is 3. The number of pyridine rings is 1. The van der Waals surface area contributed by atoms with Crippen molar-refractivity contribution in [2.45, 2.75) is 19.4 Å². The number of aromatic nitrogens is 3. The van der Waals surface area contributed by atoms with Gasteiger partial charge in [-0.25, -0.2) is 9.48 Å². The van der Waals surface area contributed by atoms with Crippen LogP contribution in [0.5, 0.6) is 0 Å². The van der Waals surface area contributed by atoms with Crippen molar-refractivity contribution in [1.82, 2.24) is 14.2 Å². The number of nitrogens with two attached hydrogens (primary N) is 1. The molecule has 80 valence electrons. The lowest BCUT2D eigenvalue weighted by Gasteiger charge is -1.96. The van der Waals surface area contributed by atoms with Gasteiger partial charge in [-0.1, -0.05) is 6.07 Å². The maximum atomic E-state index is 11.8. The lowest BCUT2D eigenvalue weighted by molar-refractivity contribution is 0.545. The molecule has 2 heterocycles. The molecule has 0 saturated heterocycles. The molecular weight excluding hydrogens is 192 g/mol. The third-order valence-electron chi connectivity index (χ3n) is 2.31. The van der Waals surface area contributed by atoms with Crippen LogP contribution >= 0.6 is 0 Å². The van der Waals surface area contributed by atoms with Gasteiger partial charge in [0, 0.05) is 12.7 Å². The van der Waals surface area contributed by atoms with Crippen molar-refractivity contribution in [2.24, 2.45) is 5.73 Å². The number of hydrogen-bond donors (Lipinski definition) is 1. The van der Waals surface area contributed by atoms with Gasteiger partial charge < -0.3 is 5.73 Å². The SMILES string of the molecule is NCCCCn1nc2ccccn2c1=O. The van der Waals surface area contributed by atoms with Crippen LogP contribution in [0.1, 0.15) is 12.8 Å². The van der Waals surface area contributed by atoms with Crippen molar-refractivity contribution in [2.75, 3.05) is 6.54 Å². The Hall–Kier alpha value is -1.62. The van der Waals surface area contributed by atoms with E-state index in [2.05, 4.69) is 5.10 Å². The highest BCUT2D eigenvalue weighted by atomic mass is 16.2. The quantitative estimate of drug-likeness (QED) is 0.728. The molecule has 0 aliphatic carbocycles. The predicted molar refractivity (Wildman–Crippen MR) is 57.7 cm³/mol. The molecule has 0 unspecified atom stereocenters. The Balaban J connectivity index is 2.28. The molecule has 0 aliphatic rings. The van der Waals surface area contributed by atoms with Crippen LogP contribution in [0.25, 0.3) is 5.65 Å². The lowest BCUT2D eigenvalue weighted by atomic mass is 10.3. The summed E-state index contributed by atoms with van der Waals surface area (Å²) in [7, 11) is 0.